The van der Waals surface area contributed by atoms with E-state index in [4.69, 9.17) is 15.2 Å². The zero-order chi connectivity index (χ0) is 21.0. The van der Waals surface area contributed by atoms with E-state index in [1.807, 2.05) is 0 Å². The molecule has 3 N–H and O–H groups in total. The molecule has 1 aliphatic carbocycles. The lowest BCUT2D eigenvalue weighted by Gasteiger charge is -2.14. The molecular weight excluding hydrogens is 396 g/mol. The smallest absolute Gasteiger partial charge is 0.361 e. The summed E-state index contributed by atoms with van der Waals surface area (Å²) in [7, 11) is 0. The molecule has 1 atom stereocenters. The number of nitrogens with two attached hydrogens (primary N) is 1. The number of ether oxygens (including phenoxy) is 2. The average molecular weight is 418 g/mol. The van der Waals surface area contributed by atoms with Crippen LogP contribution in [0.1, 0.15) is 58.0 Å². The predicted octanol–water partition coefficient (Wildman–Crippen LogP) is 2.36. The van der Waals surface area contributed by atoms with E-state index in [-0.39, 0.29) is 18.1 Å². The van der Waals surface area contributed by atoms with Gasteiger partial charge in [0.15, 0.2) is 17.6 Å². The molecule has 154 valence electrons. The standard InChI is InChI=1S/C19H22N4O5S/c1-3-27-18(25)13-11-6-4-5-7-12(11)29-17(13)23-16(24)10(2)28-19(26)14-15(20)22-9-8-21-14/h8-10H,3-7H2,1-2H3,(H2,20,22)(H,23,24)/t10-/m0/s1. The molecule has 0 radical (unpaired) electrons. The van der Waals surface area contributed by atoms with Crippen molar-refractivity contribution in [3.05, 3.63) is 34.1 Å². The van der Waals surface area contributed by atoms with Crippen molar-refractivity contribution in [2.45, 2.75) is 45.6 Å². The van der Waals surface area contributed by atoms with Crippen LogP contribution < -0.4 is 11.1 Å². The first-order valence-electron chi connectivity index (χ1n) is 9.32. The van der Waals surface area contributed by atoms with E-state index >= 15 is 0 Å². The number of rotatable bonds is 6. The molecule has 0 spiro atoms. The van der Waals surface area contributed by atoms with Gasteiger partial charge in [-0.15, -0.1) is 11.3 Å². The monoisotopic (exact) mass is 418 g/mol. The number of aryl methyl sites for hydroxylation is 1. The van der Waals surface area contributed by atoms with Gasteiger partial charge in [-0.1, -0.05) is 0 Å². The molecule has 3 rings (SSSR count). The number of nitrogen functional groups attached to an aromatic ring is 1. The highest BCUT2D eigenvalue weighted by molar-refractivity contribution is 7.17. The van der Waals surface area contributed by atoms with Crippen molar-refractivity contribution in [2.24, 2.45) is 0 Å². The van der Waals surface area contributed by atoms with Gasteiger partial charge in [-0.2, -0.15) is 0 Å². The van der Waals surface area contributed by atoms with Crippen LogP contribution in [0.2, 0.25) is 0 Å². The summed E-state index contributed by atoms with van der Waals surface area (Å²) < 4.78 is 10.3. The van der Waals surface area contributed by atoms with Crippen LogP contribution >= 0.6 is 11.3 Å². The molecule has 0 fully saturated rings. The number of carbonyl (C=O) groups is 3. The summed E-state index contributed by atoms with van der Waals surface area (Å²) in [5.74, 6) is -1.96. The first kappa shape index (κ1) is 20.7. The zero-order valence-corrected chi connectivity index (χ0v) is 17.0. The van der Waals surface area contributed by atoms with Crippen LogP contribution in [0.4, 0.5) is 10.8 Å². The van der Waals surface area contributed by atoms with Crippen LogP contribution in [-0.2, 0) is 27.1 Å². The predicted molar refractivity (Wildman–Crippen MR) is 107 cm³/mol. The number of thiophene rings is 1. The molecule has 2 aromatic rings. The topological polar surface area (TPSA) is 134 Å². The van der Waals surface area contributed by atoms with Gasteiger partial charge < -0.3 is 20.5 Å². The average Bonchev–Trinajstić information content (AvgIpc) is 3.06. The summed E-state index contributed by atoms with van der Waals surface area (Å²) in [5.41, 5.74) is 6.79. The van der Waals surface area contributed by atoms with Crippen LogP contribution in [0, 0.1) is 0 Å². The highest BCUT2D eigenvalue weighted by Crippen LogP contribution is 2.38. The second-order valence-electron chi connectivity index (χ2n) is 6.46. The number of hydrogen-bond acceptors (Lipinski definition) is 9. The lowest BCUT2D eigenvalue weighted by atomic mass is 9.95. The van der Waals surface area contributed by atoms with E-state index in [9.17, 15) is 14.4 Å². The number of carbonyl (C=O) groups excluding carboxylic acids is 3. The molecule has 0 saturated heterocycles. The fraction of sp³-hybridized carbons (Fsp3) is 0.421. The number of esters is 2. The van der Waals surface area contributed by atoms with Crippen molar-refractivity contribution in [3.8, 4) is 0 Å². The maximum Gasteiger partial charge on any atom is 0.361 e. The Morgan fingerprint density at radius 1 is 1.21 bits per heavy atom. The van der Waals surface area contributed by atoms with E-state index in [1.54, 1.807) is 6.92 Å². The van der Waals surface area contributed by atoms with Gasteiger partial charge in [0, 0.05) is 17.3 Å². The van der Waals surface area contributed by atoms with Crippen LogP contribution in [-0.4, -0.2) is 40.5 Å². The molecule has 0 bridgehead atoms. The Kier molecular flexibility index (Phi) is 6.42. The molecule has 2 aromatic heterocycles. The van der Waals surface area contributed by atoms with Gasteiger partial charge in [0.25, 0.3) is 5.91 Å². The number of amides is 1. The Bertz CT molecular complexity index is 943. The Hall–Kier alpha value is -3.01. The van der Waals surface area contributed by atoms with Gasteiger partial charge in [0.05, 0.1) is 12.2 Å². The van der Waals surface area contributed by atoms with Crippen molar-refractivity contribution in [1.29, 1.82) is 0 Å². The van der Waals surface area contributed by atoms with Gasteiger partial charge in [-0.25, -0.2) is 19.6 Å². The SMILES string of the molecule is CCOC(=O)c1c(NC(=O)[C@H](C)OC(=O)c2nccnc2N)sc2c1CCCC2. The summed E-state index contributed by atoms with van der Waals surface area (Å²) >= 11 is 1.36. The Morgan fingerprint density at radius 3 is 2.66 bits per heavy atom. The Balaban J connectivity index is 1.76. The summed E-state index contributed by atoms with van der Waals surface area (Å²) in [6, 6.07) is 0. The summed E-state index contributed by atoms with van der Waals surface area (Å²) in [5, 5.41) is 3.13. The third-order valence-corrected chi connectivity index (χ3v) is 5.67. The lowest BCUT2D eigenvalue weighted by Crippen LogP contribution is -2.31. The molecule has 10 heteroatoms. The second-order valence-corrected chi connectivity index (χ2v) is 7.57. The molecular formula is C19H22N4O5S. The molecule has 2 heterocycles. The highest BCUT2D eigenvalue weighted by Gasteiger charge is 2.29. The normalized spacial score (nSPS) is 13.9. The highest BCUT2D eigenvalue weighted by atomic mass is 32.1. The van der Waals surface area contributed by atoms with Crippen molar-refractivity contribution in [1.82, 2.24) is 9.97 Å². The number of nitrogens with zero attached hydrogens (tertiary/aromatic N) is 2. The first-order valence-corrected chi connectivity index (χ1v) is 10.1. The largest absolute Gasteiger partial charge is 0.462 e. The van der Waals surface area contributed by atoms with Gasteiger partial charge in [0.2, 0.25) is 0 Å². The minimum Gasteiger partial charge on any atom is -0.462 e. The van der Waals surface area contributed by atoms with Crippen LogP contribution in [0.15, 0.2) is 12.4 Å². The molecule has 1 amide bonds. The van der Waals surface area contributed by atoms with Crippen molar-refractivity contribution >= 4 is 40.0 Å². The maximum absolute atomic E-state index is 12.6. The van der Waals surface area contributed by atoms with E-state index in [1.165, 1.54) is 30.7 Å². The number of anilines is 2. The third-order valence-electron chi connectivity index (χ3n) is 4.46. The van der Waals surface area contributed by atoms with Gasteiger partial charge in [0.1, 0.15) is 5.00 Å². The number of aromatic nitrogens is 2. The molecule has 9 nitrogen and oxygen atoms in total. The summed E-state index contributed by atoms with van der Waals surface area (Å²) in [6.45, 7) is 3.40. The second kappa shape index (κ2) is 8.99. The van der Waals surface area contributed by atoms with Gasteiger partial charge in [-0.05, 0) is 45.1 Å². The van der Waals surface area contributed by atoms with Gasteiger partial charge in [-0.3, -0.25) is 4.79 Å². The fourth-order valence-corrected chi connectivity index (χ4v) is 4.34. The van der Waals surface area contributed by atoms with Crippen molar-refractivity contribution < 1.29 is 23.9 Å². The lowest BCUT2D eigenvalue weighted by molar-refractivity contribution is -0.123. The van der Waals surface area contributed by atoms with Crippen molar-refractivity contribution in [2.75, 3.05) is 17.7 Å². The Morgan fingerprint density at radius 2 is 1.93 bits per heavy atom. The van der Waals surface area contributed by atoms with Crippen LogP contribution in [0.25, 0.3) is 0 Å². The quantitative estimate of drug-likeness (QED) is 0.683. The van der Waals surface area contributed by atoms with Crippen molar-refractivity contribution in [3.63, 3.8) is 0 Å². The third kappa shape index (κ3) is 4.53. The molecule has 0 saturated carbocycles. The van der Waals surface area contributed by atoms with Crippen LogP contribution in [0.3, 0.4) is 0 Å². The van der Waals surface area contributed by atoms with E-state index in [2.05, 4.69) is 15.3 Å². The first-order chi connectivity index (χ1) is 13.9. The zero-order valence-electron chi connectivity index (χ0n) is 16.2. The van der Waals surface area contributed by atoms with E-state index in [0.717, 1.165) is 36.1 Å². The molecule has 0 unspecified atom stereocenters. The number of fused-ring (bicyclic) bond motifs is 1. The molecule has 0 aliphatic heterocycles. The maximum atomic E-state index is 12.6. The number of hydrogen-bond donors (Lipinski definition) is 2. The summed E-state index contributed by atoms with van der Waals surface area (Å²) in [4.78, 5) is 45.9. The minimum absolute atomic E-state index is 0.0827. The summed E-state index contributed by atoms with van der Waals surface area (Å²) in [6.07, 6.45) is 5.17. The van der Waals surface area contributed by atoms with Crippen LogP contribution in [0.5, 0.6) is 0 Å². The van der Waals surface area contributed by atoms with E-state index in [0.29, 0.717) is 10.6 Å². The molecule has 29 heavy (non-hydrogen) atoms. The van der Waals surface area contributed by atoms with Gasteiger partial charge >= 0.3 is 11.9 Å². The fourth-order valence-electron chi connectivity index (χ4n) is 3.06. The minimum atomic E-state index is -1.13. The number of nitrogens with one attached hydrogen (secondary N) is 1. The molecule has 0 aromatic carbocycles. The van der Waals surface area contributed by atoms with E-state index < -0.39 is 23.9 Å². The Labute approximate surface area is 171 Å². The molecule has 1 aliphatic rings.